The summed E-state index contributed by atoms with van der Waals surface area (Å²) in [6.45, 7) is 2.87. The van der Waals surface area contributed by atoms with Gasteiger partial charge in [-0.15, -0.1) is 0 Å². The third-order valence-corrected chi connectivity index (χ3v) is 2.75. The first-order chi connectivity index (χ1) is 6.74. The first-order valence-corrected chi connectivity index (χ1v) is 5.40. The molecule has 14 heavy (non-hydrogen) atoms. The number of carbonyl (C=O) groups is 1. The van der Waals surface area contributed by atoms with E-state index in [2.05, 4.69) is 5.32 Å². The fourth-order valence-corrected chi connectivity index (χ4v) is 1.89. The summed E-state index contributed by atoms with van der Waals surface area (Å²) in [5.74, 6) is 0.424. The maximum absolute atomic E-state index is 11.0. The monoisotopic (exact) mass is 200 g/mol. The second-order valence-corrected chi connectivity index (χ2v) is 3.81. The number of hydrogen-bond acceptors (Lipinski definition) is 3. The maximum Gasteiger partial charge on any atom is 0.407 e. The Hall–Kier alpha value is -0.770. The summed E-state index contributed by atoms with van der Waals surface area (Å²) >= 11 is 0. The van der Waals surface area contributed by atoms with Crippen molar-refractivity contribution in [1.82, 2.24) is 5.32 Å². The van der Waals surface area contributed by atoms with E-state index in [-0.39, 0.29) is 12.1 Å². The fourth-order valence-electron chi connectivity index (χ4n) is 1.89. The molecule has 0 aromatic carbocycles. The fraction of sp³-hybridized carbons (Fsp3) is 0.900. The highest BCUT2D eigenvalue weighted by atomic mass is 16.5. The quantitative estimate of drug-likeness (QED) is 0.720. The molecule has 0 radical (unpaired) electrons. The minimum Gasteiger partial charge on any atom is -0.450 e. The summed E-state index contributed by atoms with van der Waals surface area (Å²) in [6, 6.07) is 0.241. The van der Waals surface area contributed by atoms with Crippen molar-refractivity contribution >= 4 is 6.09 Å². The molecule has 0 heterocycles. The maximum atomic E-state index is 11.0. The van der Waals surface area contributed by atoms with Crippen molar-refractivity contribution in [2.75, 3.05) is 13.2 Å². The van der Waals surface area contributed by atoms with E-state index in [1.54, 1.807) is 6.92 Å². The Morgan fingerprint density at radius 2 is 2.21 bits per heavy atom. The topological polar surface area (TPSA) is 64.3 Å². The van der Waals surface area contributed by atoms with Gasteiger partial charge in [0.15, 0.2) is 0 Å². The number of nitrogens with one attached hydrogen (secondary N) is 1. The molecular formula is C10H20N2O2. The molecular weight excluding hydrogens is 180 g/mol. The number of hydrogen-bond donors (Lipinski definition) is 2. The van der Waals surface area contributed by atoms with Gasteiger partial charge >= 0.3 is 6.09 Å². The van der Waals surface area contributed by atoms with Crippen molar-refractivity contribution in [3.05, 3.63) is 0 Å². The average molecular weight is 200 g/mol. The Bertz CT molecular complexity index is 185. The van der Waals surface area contributed by atoms with Crippen LogP contribution in [-0.4, -0.2) is 25.3 Å². The first-order valence-electron chi connectivity index (χ1n) is 5.40. The number of amides is 1. The second kappa shape index (κ2) is 5.86. The number of carbonyl (C=O) groups excluding carboxylic acids is 1. The lowest BCUT2D eigenvalue weighted by Crippen LogP contribution is -2.41. The van der Waals surface area contributed by atoms with Gasteiger partial charge in [-0.3, -0.25) is 0 Å². The summed E-state index contributed by atoms with van der Waals surface area (Å²) < 4.78 is 4.78. The molecule has 0 aromatic rings. The molecule has 1 amide bonds. The zero-order valence-corrected chi connectivity index (χ0v) is 8.79. The molecule has 2 unspecified atom stereocenters. The van der Waals surface area contributed by atoms with Crippen LogP contribution in [0.15, 0.2) is 0 Å². The van der Waals surface area contributed by atoms with E-state index in [1.807, 2.05) is 0 Å². The highest BCUT2D eigenvalue weighted by Crippen LogP contribution is 2.22. The van der Waals surface area contributed by atoms with Gasteiger partial charge in [0.25, 0.3) is 0 Å². The van der Waals surface area contributed by atoms with Gasteiger partial charge < -0.3 is 15.8 Å². The largest absolute Gasteiger partial charge is 0.450 e. The van der Waals surface area contributed by atoms with E-state index >= 15 is 0 Å². The number of rotatable bonds is 3. The van der Waals surface area contributed by atoms with Crippen LogP contribution in [0.3, 0.4) is 0 Å². The van der Waals surface area contributed by atoms with E-state index in [0.29, 0.717) is 19.1 Å². The molecule has 0 aromatic heterocycles. The van der Waals surface area contributed by atoms with Gasteiger partial charge in [0.1, 0.15) is 0 Å². The van der Waals surface area contributed by atoms with Crippen LogP contribution >= 0.6 is 0 Å². The lowest BCUT2D eigenvalue weighted by Gasteiger charge is -2.28. The normalized spacial score (nSPS) is 27.0. The SMILES string of the molecule is CCOC(=O)NCC1CCCCC1N. The molecule has 1 fully saturated rings. The van der Waals surface area contributed by atoms with Crippen molar-refractivity contribution < 1.29 is 9.53 Å². The van der Waals surface area contributed by atoms with Crippen LogP contribution in [0.5, 0.6) is 0 Å². The highest BCUT2D eigenvalue weighted by Gasteiger charge is 2.21. The van der Waals surface area contributed by atoms with Crippen molar-refractivity contribution in [1.29, 1.82) is 0 Å². The summed E-state index contributed by atoms with van der Waals surface area (Å²) in [5, 5.41) is 2.74. The Labute approximate surface area is 85.2 Å². The second-order valence-electron chi connectivity index (χ2n) is 3.81. The van der Waals surface area contributed by atoms with Gasteiger partial charge in [0.2, 0.25) is 0 Å². The molecule has 0 saturated heterocycles. The van der Waals surface area contributed by atoms with Crippen molar-refractivity contribution in [3.63, 3.8) is 0 Å². The number of alkyl carbamates (subject to hydrolysis) is 1. The number of nitrogens with two attached hydrogens (primary N) is 1. The van der Waals surface area contributed by atoms with Crippen LogP contribution in [0.4, 0.5) is 4.79 Å². The van der Waals surface area contributed by atoms with Gasteiger partial charge in [-0.1, -0.05) is 12.8 Å². The zero-order valence-electron chi connectivity index (χ0n) is 8.79. The van der Waals surface area contributed by atoms with E-state index < -0.39 is 0 Å². The third-order valence-electron chi connectivity index (χ3n) is 2.75. The molecule has 0 aliphatic heterocycles. The summed E-state index contributed by atoms with van der Waals surface area (Å²) in [4.78, 5) is 11.0. The Morgan fingerprint density at radius 1 is 1.50 bits per heavy atom. The highest BCUT2D eigenvalue weighted by molar-refractivity contribution is 5.67. The number of ether oxygens (including phenoxy) is 1. The summed E-state index contributed by atoms with van der Waals surface area (Å²) in [5.41, 5.74) is 5.95. The predicted octanol–water partition coefficient (Wildman–Crippen LogP) is 1.25. The molecule has 0 bridgehead atoms. The van der Waals surface area contributed by atoms with Crippen LogP contribution in [-0.2, 0) is 4.74 Å². The Morgan fingerprint density at radius 3 is 2.86 bits per heavy atom. The molecule has 4 heteroatoms. The molecule has 1 aliphatic rings. The molecule has 1 saturated carbocycles. The summed E-state index contributed by atoms with van der Waals surface area (Å²) in [7, 11) is 0. The Balaban J connectivity index is 2.19. The van der Waals surface area contributed by atoms with Crippen LogP contribution in [0.25, 0.3) is 0 Å². The van der Waals surface area contributed by atoms with Crippen LogP contribution in [0.1, 0.15) is 32.6 Å². The van der Waals surface area contributed by atoms with Gasteiger partial charge in [0.05, 0.1) is 6.61 Å². The smallest absolute Gasteiger partial charge is 0.407 e. The average Bonchev–Trinajstić information content (AvgIpc) is 2.17. The lowest BCUT2D eigenvalue weighted by molar-refractivity contribution is 0.148. The van der Waals surface area contributed by atoms with E-state index in [1.165, 1.54) is 12.8 Å². The standard InChI is InChI=1S/C10H20N2O2/c1-2-14-10(13)12-7-8-5-3-4-6-9(8)11/h8-9H,2-7,11H2,1H3,(H,12,13). The third kappa shape index (κ3) is 3.54. The molecule has 2 atom stereocenters. The van der Waals surface area contributed by atoms with Crippen molar-refractivity contribution in [2.24, 2.45) is 11.7 Å². The molecule has 3 N–H and O–H groups in total. The van der Waals surface area contributed by atoms with E-state index in [0.717, 1.165) is 12.8 Å². The van der Waals surface area contributed by atoms with Crippen LogP contribution in [0, 0.1) is 5.92 Å². The Kier molecular flexibility index (Phi) is 4.73. The van der Waals surface area contributed by atoms with Gasteiger partial charge in [0, 0.05) is 12.6 Å². The first kappa shape index (κ1) is 11.3. The van der Waals surface area contributed by atoms with Crippen molar-refractivity contribution in [2.45, 2.75) is 38.6 Å². The molecule has 0 spiro atoms. The zero-order chi connectivity index (χ0) is 10.4. The minimum absolute atomic E-state index is 0.241. The van der Waals surface area contributed by atoms with Crippen LogP contribution < -0.4 is 11.1 Å². The van der Waals surface area contributed by atoms with Gasteiger partial charge in [-0.05, 0) is 25.7 Å². The molecule has 4 nitrogen and oxygen atoms in total. The predicted molar refractivity (Wildman–Crippen MR) is 55.0 cm³/mol. The van der Waals surface area contributed by atoms with Crippen LogP contribution in [0.2, 0.25) is 0 Å². The van der Waals surface area contributed by atoms with E-state index in [9.17, 15) is 4.79 Å². The molecule has 1 rings (SSSR count). The van der Waals surface area contributed by atoms with E-state index in [4.69, 9.17) is 10.5 Å². The molecule has 1 aliphatic carbocycles. The van der Waals surface area contributed by atoms with Gasteiger partial charge in [-0.2, -0.15) is 0 Å². The lowest BCUT2D eigenvalue weighted by atomic mass is 9.85. The van der Waals surface area contributed by atoms with Gasteiger partial charge in [-0.25, -0.2) is 4.79 Å². The molecule has 82 valence electrons. The summed E-state index contributed by atoms with van der Waals surface area (Å²) in [6.07, 6.45) is 4.31. The minimum atomic E-state index is -0.328. The van der Waals surface area contributed by atoms with Crippen molar-refractivity contribution in [3.8, 4) is 0 Å².